The van der Waals surface area contributed by atoms with Crippen molar-refractivity contribution >= 4 is 0 Å². The van der Waals surface area contributed by atoms with Crippen molar-refractivity contribution in [1.29, 1.82) is 0 Å². The molecule has 3 rings (SSSR count). The molecule has 0 spiro atoms. The van der Waals surface area contributed by atoms with E-state index in [-0.39, 0.29) is 0 Å². The maximum absolute atomic E-state index is 5.31. The summed E-state index contributed by atoms with van der Waals surface area (Å²) in [5.41, 5.74) is 0. The highest BCUT2D eigenvalue weighted by Gasteiger charge is 2.42. The molecule has 1 saturated carbocycles. The van der Waals surface area contributed by atoms with Gasteiger partial charge in [-0.15, -0.1) is 0 Å². The van der Waals surface area contributed by atoms with Gasteiger partial charge in [0.1, 0.15) is 0 Å². The van der Waals surface area contributed by atoms with Gasteiger partial charge in [0.2, 0.25) is 11.8 Å². The Bertz CT molecular complexity index is 653. The first-order valence-corrected chi connectivity index (χ1v) is 8.59. The van der Waals surface area contributed by atoms with E-state index >= 15 is 0 Å². The number of aryl methyl sites for hydroxylation is 1. The second-order valence-electron chi connectivity index (χ2n) is 6.93. The Balaban J connectivity index is 1.40. The van der Waals surface area contributed by atoms with E-state index in [1.807, 2.05) is 0 Å². The van der Waals surface area contributed by atoms with Crippen molar-refractivity contribution in [2.24, 2.45) is 5.92 Å². The molecule has 8 heteroatoms. The number of rotatable bonds is 9. The molecule has 132 valence electrons. The number of aromatic nitrogens is 4. The van der Waals surface area contributed by atoms with Gasteiger partial charge in [-0.3, -0.25) is 0 Å². The van der Waals surface area contributed by atoms with Gasteiger partial charge in [-0.1, -0.05) is 24.2 Å². The molecule has 24 heavy (non-hydrogen) atoms. The van der Waals surface area contributed by atoms with E-state index in [0.29, 0.717) is 54.6 Å². The third-order valence-electron chi connectivity index (χ3n) is 4.23. The van der Waals surface area contributed by atoms with Crippen molar-refractivity contribution in [3.8, 4) is 0 Å². The smallest absolute Gasteiger partial charge is 0.240 e. The number of nitrogens with one attached hydrogen (secondary N) is 2. The molecule has 0 amide bonds. The third kappa shape index (κ3) is 4.61. The van der Waals surface area contributed by atoms with Crippen LogP contribution in [0, 0.1) is 12.8 Å². The average Bonchev–Trinajstić information content (AvgIpc) is 2.96. The molecular formula is C16H26N6O2. The zero-order valence-electron chi connectivity index (χ0n) is 14.7. The van der Waals surface area contributed by atoms with Gasteiger partial charge in [-0.2, -0.15) is 9.97 Å². The van der Waals surface area contributed by atoms with E-state index in [1.54, 1.807) is 6.92 Å². The van der Waals surface area contributed by atoms with Crippen molar-refractivity contribution in [2.45, 2.75) is 71.6 Å². The molecule has 1 aliphatic carbocycles. The van der Waals surface area contributed by atoms with Crippen molar-refractivity contribution < 1.29 is 9.05 Å². The molecule has 1 aliphatic rings. The van der Waals surface area contributed by atoms with Crippen LogP contribution in [0.2, 0.25) is 0 Å². The largest absolute Gasteiger partial charge is 0.340 e. The summed E-state index contributed by atoms with van der Waals surface area (Å²) in [4.78, 5) is 8.70. The number of hydrogen-bond donors (Lipinski definition) is 2. The lowest BCUT2D eigenvalue weighted by Crippen LogP contribution is -2.26. The highest BCUT2D eigenvalue weighted by molar-refractivity contribution is 5.09. The SMILES string of the molecule is Cc1nc(CNC(C)CC2CC2c2noc(CNC(C)C)n2)no1. The molecular weight excluding hydrogens is 308 g/mol. The lowest BCUT2D eigenvalue weighted by atomic mass is 10.1. The standard InChI is InChI=1S/C16H26N6O2/c1-9(2)17-8-15-20-16(22-24-15)13-6-12(13)5-10(3)18-7-14-19-11(4)23-21-14/h9-10,12-13,17-18H,5-8H2,1-4H3. The van der Waals surface area contributed by atoms with Gasteiger partial charge in [-0.25, -0.2) is 0 Å². The lowest BCUT2D eigenvalue weighted by molar-refractivity contribution is 0.357. The topological polar surface area (TPSA) is 102 Å². The van der Waals surface area contributed by atoms with Gasteiger partial charge in [0.25, 0.3) is 0 Å². The van der Waals surface area contributed by atoms with Gasteiger partial charge >= 0.3 is 0 Å². The minimum absolute atomic E-state index is 0.382. The molecule has 1 fully saturated rings. The highest BCUT2D eigenvalue weighted by atomic mass is 16.5. The molecule has 2 aromatic heterocycles. The molecule has 0 aromatic carbocycles. The summed E-state index contributed by atoms with van der Waals surface area (Å²) in [6.45, 7) is 9.42. The zero-order valence-corrected chi connectivity index (χ0v) is 14.7. The maximum atomic E-state index is 5.31. The second-order valence-corrected chi connectivity index (χ2v) is 6.93. The quantitative estimate of drug-likeness (QED) is 0.717. The van der Waals surface area contributed by atoms with Crippen LogP contribution in [0.4, 0.5) is 0 Å². The Labute approximate surface area is 141 Å². The predicted octanol–water partition coefficient (Wildman–Crippen LogP) is 1.93. The summed E-state index contributed by atoms with van der Waals surface area (Å²) in [5, 5.41) is 14.7. The van der Waals surface area contributed by atoms with Crippen LogP contribution in [0.5, 0.6) is 0 Å². The van der Waals surface area contributed by atoms with E-state index in [1.165, 1.54) is 0 Å². The second kappa shape index (κ2) is 7.40. The van der Waals surface area contributed by atoms with Crippen molar-refractivity contribution in [1.82, 2.24) is 30.9 Å². The van der Waals surface area contributed by atoms with E-state index < -0.39 is 0 Å². The average molecular weight is 334 g/mol. The fourth-order valence-corrected chi connectivity index (χ4v) is 2.82. The molecule has 0 bridgehead atoms. The Kier molecular flexibility index (Phi) is 5.25. The molecule has 3 atom stereocenters. The van der Waals surface area contributed by atoms with Crippen LogP contribution in [0.1, 0.15) is 63.0 Å². The highest BCUT2D eigenvalue weighted by Crippen LogP contribution is 2.48. The van der Waals surface area contributed by atoms with Gasteiger partial charge in [-0.05, 0) is 25.7 Å². The van der Waals surface area contributed by atoms with E-state index in [2.05, 4.69) is 51.7 Å². The first kappa shape index (κ1) is 17.0. The van der Waals surface area contributed by atoms with Crippen LogP contribution in [0.15, 0.2) is 9.05 Å². The van der Waals surface area contributed by atoms with Crippen LogP contribution in [0.3, 0.4) is 0 Å². The molecule has 2 aromatic rings. The van der Waals surface area contributed by atoms with Crippen LogP contribution in [0.25, 0.3) is 0 Å². The Morgan fingerprint density at radius 3 is 2.62 bits per heavy atom. The molecule has 0 radical (unpaired) electrons. The third-order valence-corrected chi connectivity index (χ3v) is 4.23. The summed E-state index contributed by atoms with van der Waals surface area (Å²) in [6, 6.07) is 0.789. The molecule has 2 N–H and O–H groups in total. The van der Waals surface area contributed by atoms with Gasteiger partial charge in [0.05, 0.1) is 13.1 Å². The fraction of sp³-hybridized carbons (Fsp3) is 0.750. The van der Waals surface area contributed by atoms with E-state index in [9.17, 15) is 0 Å². The van der Waals surface area contributed by atoms with Crippen LogP contribution in [-0.4, -0.2) is 32.4 Å². The molecule has 0 aliphatic heterocycles. The summed E-state index contributed by atoms with van der Waals surface area (Å²) < 4.78 is 10.3. The Morgan fingerprint density at radius 1 is 1.08 bits per heavy atom. The summed E-state index contributed by atoms with van der Waals surface area (Å²) in [5.74, 6) is 3.86. The van der Waals surface area contributed by atoms with Gasteiger partial charge in [0, 0.05) is 24.9 Å². The minimum atomic E-state index is 0.382. The monoisotopic (exact) mass is 334 g/mol. The van der Waals surface area contributed by atoms with Crippen molar-refractivity contribution in [3.05, 3.63) is 23.4 Å². The zero-order chi connectivity index (χ0) is 17.1. The molecule has 2 heterocycles. The summed E-state index contributed by atoms with van der Waals surface area (Å²) in [6.07, 6.45) is 2.21. The first-order valence-electron chi connectivity index (χ1n) is 8.59. The van der Waals surface area contributed by atoms with Crippen molar-refractivity contribution in [2.75, 3.05) is 0 Å². The Morgan fingerprint density at radius 2 is 1.92 bits per heavy atom. The lowest BCUT2D eigenvalue weighted by Gasteiger charge is -2.11. The number of hydrogen-bond acceptors (Lipinski definition) is 8. The summed E-state index contributed by atoms with van der Waals surface area (Å²) in [7, 11) is 0. The van der Waals surface area contributed by atoms with E-state index in [0.717, 1.165) is 18.7 Å². The van der Waals surface area contributed by atoms with Gasteiger partial charge < -0.3 is 19.7 Å². The van der Waals surface area contributed by atoms with Crippen molar-refractivity contribution in [3.63, 3.8) is 0 Å². The fourth-order valence-electron chi connectivity index (χ4n) is 2.82. The summed E-state index contributed by atoms with van der Waals surface area (Å²) >= 11 is 0. The first-order chi connectivity index (χ1) is 11.5. The van der Waals surface area contributed by atoms with Gasteiger partial charge in [0.15, 0.2) is 11.6 Å². The Hall–Kier alpha value is -1.80. The minimum Gasteiger partial charge on any atom is -0.340 e. The molecule has 8 nitrogen and oxygen atoms in total. The molecule has 3 unspecified atom stereocenters. The maximum Gasteiger partial charge on any atom is 0.240 e. The molecule has 0 saturated heterocycles. The van der Waals surface area contributed by atoms with Crippen LogP contribution < -0.4 is 10.6 Å². The van der Waals surface area contributed by atoms with E-state index in [4.69, 9.17) is 9.05 Å². The van der Waals surface area contributed by atoms with Crippen LogP contribution >= 0.6 is 0 Å². The predicted molar refractivity (Wildman–Crippen MR) is 87.1 cm³/mol. The normalized spacial score (nSPS) is 21.4. The number of nitrogens with zero attached hydrogens (tertiary/aromatic N) is 4. The van der Waals surface area contributed by atoms with Crippen LogP contribution in [-0.2, 0) is 13.1 Å².